The molecule has 4 nitrogen and oxygen atoms in total. The van der Waals surface area contributed by atoms with E-state index in [9.17, 15) is 0 Å². The van der Waals surface area contributed by atoms with Crippen LogP contribution in [0.5, 0.6) is 5.75 Å². The Labute approximate surface area is 82.1 Å². The first-order chi connectivity index (χ1) is 6.72. The minimum Gasteiger partial charge on any atom is -0.493 e. The van der Waals surface area contributed by atoms with E-state index in [2.05, 4.69) is 0 Å². The van der Waals surface area contributed by atoms with Gasteiger partial charge in [-0.2, -0.15) is 5.26 Å². The molecule has 0 fully saturated rings. The van der Waals surface area contributed by atoms with Crippen LogP contribution < -0.4 is 16.2 Å². The molecule has 1 heterocycles. The van der Waals surface area contributed by atoms with Crippen molar-refractivity contribution in [3.8, 4) is 11.8 Å². The third kappa shape index (κ3) is 1.28. The second kappa shape index (κ2) is 3.20. The molecule has 1 aliphatic rings. The van der Waals surface area contributed by atoms with Crippen molar-refractivity contribution in [2.75, 3.05) is 12.3 Å². The number of anilines is 1. The van der Waals surface area contributed by atoms with E-state index in [1.165, 1.54) is 0 Å². The van der Waals surface area contributed by atoms with Gasteiger partial charge in [-0.05, 0) is 12.1 Å². The molecule has 1 aromatic rings. The van der Waals surface area contributed by atoms with E-state index < -0.39 is 0 Å². The van der Waals surface area contributed by atoms with E-state index in [-0.39, 0.29) is 6.04 Å². The highest BCUT2D eigenvalue weighted by molar-refractivity contribution is 5.61. The van der Waals surface area contributed by atoms with Crippen molar-refractivity contribution in [1.82, 2.24) is 0 Å². The fourth-order valence-electron chi connectivity index (χ4n) is 1.67. The van der Waals surface area contributed by atoms with Crippen molar-refractivity contribution >= 4 is 5.69 Å². The number of fused-ring (bicyclic) bond motifs is 1. The summed E-state index contributed by atoms with van der Waals surface area (Å²) in [5, 5.41) is 8.74. The molecule has 0 radical (unpaired) electrons. The second-order valence-electron chi connectivity index (χ2n) is 3.33. The molecule has 0 spiro atoms. The number of hydrogen-bond donors (Lipinski definition) is 2. The van der Waals surface area contributed by atoms with Crippen molar-refractivity contribution in [3.05, 3.63) is 23.3 Å². The lowest BCUT2D eigenvalue weighted by Crippen LogP contribution is -2.22. The number of hydrogen-bond acceptors (Lipinski definition) is 4. The van der Waals surface area contributed by atoms with Crippen molar-refractivity contribution in [2.24, 2.45) is 5.73 Å². The Balaban J connectivity index is 2.58. The predicted octanol–water partition coefficient (Wildman–Crippen LogP) is 0.923. The van der Waals surface area contributed by atoms with Gasteiger partial charge >= 0.3 is 0 Å². The van der Waals surface area contributed by atoms with Crippen LogP contribution in [-0.4, -0.2) is 6.61 Å². The molecule has 0 amide bonds. The van der Waals surface area contributed by atoms with Gasteiger partial charge in [-0.25, -0.2) is 0 Å². The standard InChI is InChI=1S/C10H11N3O/c11-5-6-3-8(13)10-7(12)1-2-14-9(10)4-6/h3-4,7H,1-2,12-13H2/t7-/m1/s1. The van der Waals surface area contributed by atoms with E-state index in [1.54, 1.807) is 12.1 Å². The van der Waals surface area contributed by atoms with E-state index >= 15 is 0 Å². The smallest absolute Gasteiger partial charge is 0.127 e. The van der Waals surface area contributed by atoms with E-state index in [0.717, 1.165) is 12.0 Å². The van der Waals surface area contributed by atoms with Crippen molar-refractivity contribution in [2.45, 2.75) is 12.5 Å². The van der Waals surface area contributed by atoms with Gasteiger partial charge in [-0.1, -0.05) is 0 Å². The molecule has 0 saturated heterocycles. The SMILES string of the molecule is N#Cc1cc(N)c2c(c1)OCC[C@H]2N. The molecule has 1 aliphatic heterocycles. The lowest BCUT2D eigenvalue weighted by atomic mass is 9.98. The monoisotopic (exact) mass is 189 g/mol. The minimum absolute atomic E-state index is 0.0773. The van der Waals surface area contributed by atoms with Crippen LogP contribution in [0.25, 0.3) is 0 Å². The summed E-state index contributed by atoms with van der Waals surface area (Å²) in [6.07, 6.45) is 0.767. The molecule has 1 atom stereocenters. The van der Waals surface area contributed by atoms with Gasteiger partial charge in [0.2, 0.25) is 0 Å². The van der Waals surface area contributed by atoms with Gasteiger partial charge in [0.05, 0.1) is 18.2 Å². The molecule has 4 N–H and O–H groups in total. The fraction of sp³-hybridized carbons (Fsp3) is 0.300. The third-order valence-electron chi connectivity index (χ3n) is 2.36. The molecule has 1 aromatic carbocycles. The zero-order valence-electron chi connectivity index (χ0n) is 7.66. The summed E-state index contributed by atoms with van der Waals surface area (Å²) in [4.78, 5) is 0. The summed E-state index contributed by atoms with van der Waals surface area (Å²) in [7, 11) is 0. The normalized spacial score (nSPS) is 19.3. The summed E-state index contributed by atoms with van der Waals surface area (Å²) in [6.45, 7) is 0.586. The number of ether oxygens (including phenoxy) is 1. The van der Waals surface area contributed by atoms with Gasteiger partial charge in [0.15, 0.2) is 0 Å². The molecular weight excluding hydrogens is 178 g/mol. The van der Waals surface area contributed by atoms with Crippen molar-refractivity contribution < 1.29 is 4.74 Å². The van der Waals surface area contributed by atoms with Crippen LogP contribution in [0.3, 0.4) is 0 Å². The molecule has 0 aliphatic carbocycles. The van der Waals surface area contributed by atoms with Crippen LogP contribution in [-0.2, 0) is 0 Å². The molecule has 4 heteroatoms. The lowest BCUT2D eigenvalue weighted by Gasteiger charge is -2.24. The maximum atomic E-state index is 8.74. The second-order valence-corrected chi connectivity index (χ2v) is 3.33. The topological polar surface area (TPSA) is 85.1 Å². The van der Waals surface area contributed by atoms with Crippen LogP contribution >= 0.6 is 0 Å². The maximum Gasteiger partial charge on any atom is 0.127 e. The predicted molar refractivity (Wildman–Crippen MR) is 52.6 cm³/mol. The molecule has 72 valence electrons. The van der Waals surface area contributed by atoms with Crippen molar-refractivity contribution in [3.63, 3.8) is 0 Å². The number of rotatable bonds is 0. The highest BCUT2D eigenvalue weighted by Gasteiger charge is 2.21. The number of nitrogens with zero attached hydrogens (tertiary/aromatic N) is 1. The summed E-state index contributed by atoms with van der Waals surface area (Å²) in [6, 6.07) is 5.27. The highest BCUT2D eigenvalue weighted by Crippen LogP contribution is 2.35. The maximum absolute atomic E-state index is 8.74. The molecular formula is C10H11N3O. The molecule has 14 heavy (non-hydrogen) atoms. The summed E-state index contributed by atoms with van der Waals surface area (Å²) in [5.41, 5.74) is 13.6. The average molecular weight is 189 g/mol. The third-order valence-corrected chi connectivity index (χ3v) is 2.36. The van der Waals surface area contributed by atoms with E-state index in [0.29, 0.717) is 23.6 Å². The zero-order valence-corrected chi connectivity index (χ0v) is 7.66. The first-order valence-electron chi connectivity index (χ1n) is 4.44. The van der Waals surface area contributed by atoms with Gasteiger partial charge in [-0.15, -0.1) is 0 Å². The van der Waals surface area contributed by atoms with Crippen LogP contribution in [0.15, 0.2) is 12.1 Å². The number of nitrogens with two attached hydrogens (primary N) is 2. The Kier molecular flexibility index (Phi) is 2.02. The van der Waals surface area contributed by atoms with Crippen molar-refractivity contribution in [1.29, 1.82) is 5.26 Å². The Morgan fingerprint density at radius 3 is 3.00 bits per heavy atom. The number of benzene rings is 1. The van der Waals surface area contributed by atoms with Crippen LogP contribution in [0.4, 0.5) is 5.69 Å². The van der Waals surface area contributed by atoms with Crippen LogP contribution in [0, 0.1) is 11.3 Å². The average Bonchev–Trinajstić information content (AvgIpc) is 2.17. The summed E-state index contributed by atoms with van der Waals surface area (Å²) in [5.74, 6) is 0.653. The summed E-state index contributed by atoms with van der Waals surface area (Å²) >= 11 is 0. The van der Waals surface area contributed by atoms with Crippen LogP contribution in [0.1, 0.15) is 23.6 Å². The molecule has 0 bridgehead atoms. The van der Waals surface area contributed by atoms with Gasteiger partial charge < -0.3 is 16.2 Å². The molecule has 0 unspecified atom stereocenters. The summed E-state index contributed by atoms with van der Waals surface area (Å²) < 4.78 is 5.41. The zero-order chi connectivity index (χ0) is 10.1. The van der Waals surface area contributed by atoms with Gasteiger partial charge in [0.25, 0.3) is 0 Å². The minimum atomic E-state index is -0.0773. The Hall–Kier alpha value is -1.73. The van der Waals surface area contributed by atoms with Gasteiger partial charge in [0.1, 0.15) is 5.75 Å². The Bertz CT molecular complexity index is 409. The van der Waals surface area contributed by atoms with E-state index in [4.69, 9.17) is 21.5 Å². The fourth-order valence-corrected chi connectivity index (χ4v) is 1.67. The Morgan fingerprint density at radius 1 is 1.50 bits per heavy atom. The van der Waals surface area contributed by atoms with Gasteiger partial charge in [0, 0.05) is 23.7 Å². The first-order valence-corrected chi connectivity index (χ1v) is 4.44. The highest BCUT2D eigenvalue weighted by atomic mass is 16.5. The molecule has 2 rings (SSSR count). The largest absolute Gasteiger partial charge is 0.493 e. The molecule has 0 aromatic heterocycles. The van der Waals surface area contributed by atoms with E-state index in [1.807, 2.05) is 6.07 Å². The molecule has 0 saturated carbocycles. The van der Waals surface area contributed by atoms with Gasteiger partial charge in [-0.3, -0.25) is 0 Å². The Morgan fingerprint density at radius 2 is 2.29 bits per heavy atom. The number of nitriles is 1. The first kappa shape index (κ1) is 8.85. The quantitative estimate of drug-likeness (QED) is 0.594. The lowest BCUT2D eigenvalue weighted by molar-refractivity contribution is 0.269. The number of nitrogen functional groups attached to an aromatic ring is 1. The van der Waals surface area contributed by atoms with Crippen LogP contribution in [0.2, 0.25) is 0 Å².